The summed E-state index contributed by atoms with van der Waals surface area (Å²) >= 11 is 0. The monoisotopic (exact) mass is 391 g/mol. The molecule has 2 aliphatic heterocycles. The molecule has 0 amide bonds. The van der Waals surface area contributed by atoms with Gasteiger partial charge in [0.05, 0.1) is 18.1 Å². The van der Waals surface area contributed by atoms with Crippen molar-refractivity contribution in [3.63, 3.8) is 0 Å². The van der Waals surface area contributed by atoms with E-state index in [1.54, 1.807) is 4.31 Å². The van der Waals surface area contributed by atoms with Crippen LogP contribution in [0.5, 0.6) is 0 Å². The molecule has 0 atom stereocenters. The van der Waals surface area contributed by atoms with Gasteiger partial charge in [-0.05, 0) is 45.6 Å². The number of rotatable bonds is 4. The van der Waals surface area contributed by atoms with E-state index in [-0.39, 0.29) is 0 Å². The molecule has 27 heavy (non-hydrogen) atoms. The molecule has 2 aromatic heterocycles. The number of sulfonamides is 1. The SMILES string of the molecule is CC(C)n1cnc2c(N3CCCC3)nc(C3CCN(S(C)(=O)=O)CC3)cc21. The molecule has 2 fully saturated rings. The fourth-order valence-electron chi connectivity index (χ4n) is 4.29. The van der Waals surface area contributed by atoms with Gasteiger partial charge in [0.1, 0.15) is 5.52 Å². The van der Waals surface area contributed by atoms with Crippen molar-refractivity contribution in [3.05, 3.63) is 18.1 Å². The second-order valence-electron chi connectivity index (χ2n) is 8.11. The molecule has 7 nitrogen and oxygen atoms in total. The van der Waals surface area contributed by atoms with E-state index < -0.39 is 10.0 Å². The van der Waals surface area contributed by atoms with Gasteiger partial charge in [0.15, 0.2) is 5.82 Å². The summed E-state index contributed by atoms with van der Waals surface area (Å²) in [6.45, 7) is 7.55. The average molecular weight is 392 g/mol. The summed E-state index contributed by atoms with van der Waals surface area (Å²) in [6.07, 6.45) is 7.26. The minimum atomic E-state index is -3.11. The van der Waals surface area contributed by atoms with E-state index in [0.29, 0.717) is 25.0 Å². The van der Waals surface area contributed by atoms with Gasteiger partial charge < -0.3 is 9.47 Å². The lowest BCUT2D eigenvalue weighted by Crippen LogP contribution is -2.37. The number of imidazole rings is 1. The minimum Gasteiger partial charge on any atom is -0.355 e. The quantitative estimate of drug-likeness (QED) is 0.801. The first-order valence-corrected chi connectivity index (χ1v) is 11.8. The Labute approximate surface area is 161 Å². The van der Waals surface area contributed by atoms with E-state index in [9.17, 15) is 8.42 Å². The smallest absolute Gasteiger partial charge is 0.211 e. The van der Waals surface area contributed by atoms with Gasteiger partial charge in [-0.25, -0.2) is 22.7 Å². The molecule has 4 heterocycles. The van der Waals surface area contributed by atoms with Crippen molar-refractivity contribution in [2.24, 2.45) is 0 Å². The first kappa shape index (κ1) is 18.7. The van der Waals surface area contributed by atoms with Crippen LogP contribution >= 0.6 is 0 Å². The maximum absolute atomic E-state index is 11.8. The van der Waals surface area contributed by atoms with Crippen LogP contribution < -0.4 is 4.90 Å². The van der Waals surface area contributed by atoms with Gasteiger partial charge >= 0.3 is 0 Å². The molecule has 2 saturated heterocycles. The molecule has 0 aromatic carbocycles. The van der Waals surface area contributed by atoms with Crippen LogP contribution in [0.1, 0.15) is 57.2 Å². The van der Waals surface area contributed by atoms with Gasteiger partial charge in [-0.15, -0.1) is 0 Å². The molecule has 0 unspecified atom stereocenters. The minimum absolute atomic E-state index is 0.296. The topological polar surface area (TPSA) is 71.3 Å². The number of pyridine rings is 1. The number of fused-ring (bicyclic) bond motifs is 1. The lowest BCUT2D eigenvalue weighted by Gasteiger charge is -2.30. The van der Waals surface area contributed by atoms with Crippen LogP contribution in [0.4, 0.5) is 5.82 Å². The molecule has 4 rings (SSSR count). The lowest BCUT2D eigenvalue weighted by molar-refractivity contribution is 0.319. The van der Waals surface area contributed by atoms with Crippen LogP contribution in [-0.4, -0.2) is 59.7 Å². The zero-order valence-electron chi connectivity index (χ0n) is 16.4. The van der Waals surface area contributed by atoms with Crippen molar-refractivity contribution in [2.75, 3.05) is 37.3 Å². The zero-order valence-corrected chi connectivity index (χ0v) is 17.2. The lowest BCUT2D eigenvalue weighted by atomic mass is 9.94. The molecule has 0 aliphatic carbocycles. The number of hydrogen-bond donors (Lipinski definition) is 0. The van der Waals surface area contributed by atoms with Gasteiger partial charge in [-0.1, -0.05) is 0 Å². The Bertz CT molecular complexity index is 923. The number of nitrogens with zero attached hydrogens (tertiary/aromatic N) is 5. The van der Waals surface area contributed by atoms with Crippen LogP contribution in [-0.2, 0) is 10.0 Å². The molecule has 148 valence electrons. The molecular weight excluding hydrogens is 362 g/mol. The molecular formula is C19H29N5O2S. The van der Waals surface area contributed by atoms with Gasteiger partial charge in [-0.3, -0.25) is 0 Å². The Morgan fingerprint density at radius 2 is 1.78 bits per heavy atom. The third-order valence-electron chi connectivity index (χ3n) is 5.87. The fraction of sp³-hybridized carbons (Fsp3) is 0.684. The predicted octanol–water partition coefficient (Wildman–Crippen LogP) is 2.75. The van der Waals surface area contributed by atoms with Crippen molar-refractivity contribution in [1.82, 2.24) is 18.8 Å². The molecule has 2 aromatic rings. The number of anilines is 1. The molecule has 8 heteroatoms. The fourth-order valence-corrected chi connectivity index (χ4v) is 5.16. The standard InChI is InChI=1S/C19H29N5O2S/c1-14(2)24-13-20-18-17(24)12-16(21-19(18)22-8-4-5-9-22)15-6-10-23(11-7-15)27(3,25)26/h12-15H,4-11H2,1-3H3. The summed E-state index contributed by atoms with van der Waals surface area (Å²) in [5.41, 5.74) is 3.21. The molecule has 0 bridgehead atoms. The van der Waals surface area contributed by atoms with Crippen LogP contribution in [0, 0.1) is 0 Å². The highest BCUT2D eigenvalue weighted by Crippen LogP contribution is 2.34. The van der Waals surface area contributed by atoms with Crippen LogP contribution in [0.2, 0.25) is 0 Å². The summed E-state index contributed by atoms with van der Waals surface area (Å²) < 4.78 is 27.4. The number of hydrogen-bond acceptors (Lipinski definition) is 5. The van der Waals surface area contributed by atoms with E-state index >= 15 is 0 Å². The summed E-state index contributed by atoms with van der Waals surface area (Å²) in [5.74, 6) is 1.30. The van der Waals surface area contributed by atoms with E-state index in [1.807, 2.05) is 6.33 Å². The summed E-state index contributed by atoms with van der Waals surface area (Å²) in [4.78, 5) is 12.1. The molecule has 0 saturated carbocycles. The largest absolute Gasteiger partial charge is 0.355 e. The normalized spacial score (nSPS) is 20.2. The maximum atomic E-state index is 11.8. The highest BCUT2D eigenvalue weighted by atomic mass is 32.2. The Kier molecular flexibility index (Phi) is 4.88. The van der Waals surface area contributed by atoms with Crippen molar-refractivity contribution >= 4 is 26.9 Å². The number of aromatic nitrogens is 3. The second kappa shape index (κ2) is 7.05. The van der Waals surface area contributed by atoms with Crippen molar-refractivity contribution < 1.29 is 8.42 Å². The zero-order chi connectivity index (χ0) is 19.2. The summed E-state index contributed by atoms with van der Waals surface area (Å²) in [5, 5.41) is 0. The highest BCUT2D eigenvalue weighted by Gasteiger charge is 2.28. The average Bonchev–Trinajstić information content (AvgIpc) is 3.30. The maximum Gasteiger partial charge on any atom is 0.211 e. The molecule has 0 spiro atoms. The molecule has 2 aliphatic rings. The summed E-state index contributed by atoms with van der Waals surface area (Å²) in [6, 6.07) is 2.52. The third-order valence-corrected chi connectivity index (χ3v) is 7.17. The number of piperidine rings is 1. The van der Waals surface area contributed by atoms with Crippen LogP contribution in [0.25, 0.3) is 11.0 Å². The first-order chi connectivity index (χ1) is 12.8. The van der Waals surface area contributed by atoms with Crippen molar-refractivity contribution in [2.45, 2.75) is 51.5 Å². The van der Waals surface area contributed by atoms with Crippen molar-refractivity contribution in [3.8, 4) is 0 Å². The Balaban J connectivity index is 1.71. The predicted molar refractivity (Wildman–Crippen MR) is 108 cm³/mol. The summed E-state index contributed by atoms with van der Waals surface area (Å²) in [7, 11) is -3.11. The third kappa shape index (κ3) is 3.57. The molecule has 0 N–H and O–H groups in total. The van der Waals surface area contributed by atoms with Gasteiger partial charge in [0, 0.05) is 43.8 Å². The second-order valence-corrected chi connectivity index (χ2v) is 10.1. The molecule has 0 radical (unpaired) electrons. The Morgan fingerprint density at radius 3 is 2.37 bits per heavy atom. The van der Waals surface area contributed by atoms with Crippen LogP contribution in [0.3, 0.4) is 0 Å². The van der Waals surface area contributed by atoms with Gasteiger partial charge in [-0.2, -0.15) is 0 Å². The van der Waals surface area contributed by atoms with Crippen molar-refractivity contribution in [1.29, 1.82) is 0 Å². The Morgan fingerprint density at radius 1 is 1.11 bits per heavy atom. The highest BCUT2D eigenvalue weighted by molar-refractivity contribution is 7.88. The van der Waals surface area contributed by atoms with Crippen LogP contribution in [0.15, 0.2) is 12.4 Å². The van der Waals surface area contributed by atoms with E-state index in [2.05, 4.69) is 34.4 Å². The Hall–Kier alpha value is -1.67. The van der Waals surface area contributed by atoms with E-state index in [1.165, 1.54) is 19.1 Å². The van der Waals surface area contributed by atoms with E-state index in [0.717, 1.165) is 48.5 Å². The van der Waals surface area contributed by atoms with Gasteiger partial charge in [0.25, 0.3) is 0 Å². The first-order valence-electron chi connectivity index (χ1n) is 9.92. The van der Waals surface area contributed by atoms with E-state index in [4.69, 9.17) is 4.98 Å². The van der Waals surface area contributed by atoms with Gasteiger partial charge in [0.2, 0.25) is 10.0 Å².